The van der Waals surface area contributed by atoms with Gasteiger partial charge in [0, 0.05) is 31.5 Å². The fourth-order valence-electron chi connectivity index (χ4n) is 3.81. The van der Waals surface area contributed by atoms with Crippen molar-refractivity contribution in [2.45, 2.75) is 18.5 Å². The van der Waals surface area contributed by atoms with Gasteiger partial charge in [0.2, 0.25) is 0 Å². The number of rotatable bonds is 4. The number of hydrogen-bond acceptors (Lipinski definition) is 5. The van der Waals surface area contributed by atoms with Gasteiger partial charge in [-0.1, -0.05) is 0 Å². The lowest BCUT2D eigenvalue weighted by Crippen LogP contribution is -2.58. The highest BCUT2D eigenvalue weighted by atomic mass is 19.1. The van der Waals surface area contributed by atoms with E-state index >= 15 is 0 Å². The van der Waals surface area contributed by atoms with E-state index in [0.29, 0.717) is 48.7 Å². The van der Waals surface area contributed by atoms with Crippen molar-refractivity contribution in [2.24, 2.45) is 0 Å². The number of halogens is 1. The quantitative estimate of drug-likeness (QED) is 0.803. The third-order valence-corrected chi connectivity index (χ3v) is 5.49. The Morgan fingerprint density at radius 2 is 1.70 bits per heavy atom. The summed E-state index contributed by atoms with van der Waals surface area (Å²) in [6, 6.07) is 10.5. The number of nitrogens with zero attached hydrogens (tertiary/aromatic N) is 2. The highest BCUT2D eigenvalue weighted by Crippen LogP contribution is 2.30. The zero-order valence-electron chi connectivity index (χ0n) is 16.8. The van der Waals surface area contributed by atoms with Gasteiger partial charge in [-0.3, -0.25) is 4.79 Å². The van der Waals surface area contributed by atoms with Crippen molar-refractivity contribution in [1.29, 1.82) is 0 Å². The van der Waals surface area contributed by atoms with E-state index in [1.54, 1.807) is 30.2 Å². The van der Waals surface area contributed by atoms with Crippen molar-refractivity contribution in [3.8, 4) is 11.5 Å². The summed E-state index contributed by atoms with van der Waals surface area (Å²) in [6.07, 6.45) is 1.07. The molecule has 2 saturated heterocycles. The van der Waals surface area contributed by atoms with E-state index in [2.05, 4.69) is 10.7 Å². The molecule has 0 unspecified atom stereocenters. The third-order valence-electron chi connectivity index (χ3n) is 5.49. The zero-order valence-corrected chi connectivity index (χ0v) is 16.8. The second-order valence-electron chi connectivity index (χ2n) is 7.30. The monoisotopic (exact) mass is 414 g/mol. The second-order valence-corrected chi connectivity index (χ2v) is 7.30. The Hall–Kier alpha value is -3.33. The second kappa shape index (κ2) is 7.83. The van der Waals surface area contributed by atoms with Crippen LogP contribution in [-0.2, 0) is 0 Å². The number of likely N-dealkylation sites (tertiary alicyclic amines) is 1. The molecule has 8 nitrogen and oxygen atoms in total. The minimum Gasteiger partial charge on any atom is -0.493 e. The fraction of sp³-hybridized carbons (Fsp3) is 0.333. The SMILES string of the molecule is COc1ccc(C(=O)N2CCC3(CC2)NC(=O)N(c2ccc(F)cc2)N3)cc1OC. The molecule has 30 heavy (non-hydrogen) atoms. The van der Waals surface area contributed by atoms with Crippen LogP contribution >= 0.6 is 0 Å². The number of nitrogens with one attached hydrogen (secondary N) is 2. The van der Waals surface area contributed by atoms with Crippen molar-refractivity contribution >= 4 is 17.6 Å². The summed E-state index contributed by atoms with van der Waals surface area (Å²) in [7, 11) is 3.07. The van der Waals surface area contributed by atoms with Gasteiger partial charge < -0.3 is 19.7 Å². The summed E-state index contributed by atoms with van der Waals surface area (Å²) in [5.74, 6) is 0.586. The van der Waals surface area contributed by atoms with Gasteiger partial charge in [0.25, 0.3) is 5.91 Å². The van der Waals surface area contributed by atoms with Gasteiger partial charge in [-0.2, -0.15) is 0 Å². The van der Waals surface area contributed by atoms with Crippen LogP contribution in [0.25, 0.3) is 0 Å². The topological polar surface area (TPSA) is 83.1 Å². The van der Waals surface area contributed by atoms with Gasteiger partial charge in [-0.05, 0) is 42.5 Å². The lowest BCUT2D eigenvalue weighted by Gasteiger charge is -2.38. The van der Waals surface area contributed by atoms with Crippen molar-refractivity contribution in [3.63, 3.8) is 0 Å². The Morgan fingerprint density at radius 1 is 1.03 bits per heavy atom. The van der Waals surface area contributed by atoms with Gasteiger partial charge in [0.05, 0.1) is 19.9 Å². The first-order chi connectivity index (χ1) is 14.4. The molecular formula is C21H23FN4O4. The molecule has 3 amide bonds. The van der Waals surface area contributed by atoms with Crippen LogP contribution in [0.15, 0.2) is 42.5 Å². The number of methoxy groups -OCH3 is 2. The van der Waals surface area contributed by atoms with Crippen molar-refractivity contribution < 1.29 is 23.5 Å². The smallest absolute Gasteiger partial charge is 0.338 e. The van der Waals surface area contributed by atoms with Crippen LogP contribution in [0.2, 0.25) is 0 Å². The number of hydrogen-bond donors (Lipinski definition) is 2. The minimum absolute atomic E-state index is 0.106. The normalized spacial score (nSPS) is 17.8. The van der Waals surface area contributed by atoms with Gasteiger partial charge in [0.15, 0.2) is 11.5 Å². The molecule has 4 rings (SSSR count). The zero-order chi connectivity index (χ0) is 21.3. The van der Waals surface area contributed by atoms with Crippen LogP contribution in [-0.4, -0.2) is 49.8 Å². The van der Waals surface area contributed by atoms with Crippen LogP contribution in [0.3, 0.4) is 0 Å². The van der Waals surface area contributed by atoms with Crippen LogP contribution in [0.5, 0.6) is 11.5 Å². The lowest BCUT2D eigenvalue weighted by molar-refractivity contribution is 0.0640. The average Bonchev–Trinajstić information content (AvgIpc) is 3.09. The Morgan fingerprint density at radius 3 is 2.33 bits per heavy atom. The van der Waals surface area contributed by atoms with Crippen LogP contribution in [0, 0.1) is 5.82 Å². The largest absolute Gasteiger partial charge is 0.493 e. The minimum atomic E-state index is -0.639. The number of carbonyl (C=O) groups excluding carboxylic acids is 2. The van der Waals surface area contributed by atoms with Crippen molar-refractivity contribution in [2.75, 3.05) is 32.3 Å². The molecule has 0 saturated carbocycles. The Balaban J connectivity index is 1.43. The molecule has 2 N–H and O–H groups in total. The van der Waals surface area contributed by atoms with Gasteiger partial charge in [-0.15, -0.1) is 0 Å². The Labute approximate surface area is 173 Å². The third kappa shape index (κ3) is 3.63. The summed E-state index contributed by atoms with van der Waals surface area (Å²) < 4.78 is 23.7. The highest BCUT2D eigenvalue weighted by molar-refractivity contribution is 5.95. The molecule has 0 atom stereocenters. The molecule has 2 aliphatic rings. The number of ether oxygens (including phenoxy) is 2. The number of piperidine rings is 1. The first-order valence-electron chi connectivity index (χ1n) is 9.62. The Kier molecular flexibility index (Phi) is 5.21. The van der Waals surface area contributed by atoms with E-state index < -0.39 is 5.66 Å². The lowest BCUT2D eigenvalue weighted by atomic mass is 9.97. The molecule has 2 aromatic carbocycles. The molecule has 2 fully saturated rings. The number of hydrazine groups is 1. The summed E-state index contributed by atoms with van der Waals surface area (Å²) in [5.41, 5.74) is 3.63. The molecule has 9 heteroatoms. The Bertz CT molecular complexity index is 958. The molecule has 0 bridgehead atoms. The molecule has 1 spiro atoms. The standard InChI is InChI=1S/C21H23FN4O4/c1-29-17-8-3-14(13-18(17)30-2)19(27)25-11-9-21(10-12-25)23-20(28)26(24-21)16-6-4-15(22)5-7-16/h3-8,13,24H,9-12H2,1-2H3,(H,23,28). The predicted octanol–water partition coefficient (Wildman–Crippen LogP) is 2.51. The molecule has 2 aliphatic heterocycles. The van der Waals surface area contributed by atoms with E-state index in [1.165, 1.54) is 36.4 Å². The van der Waals surface area contributed by atoms with Gasteiger partial charge in [0.1, 0.15) is 11.5 Å². The summed E-state index contributed by atoms with van der Waals surface area (Å²) in [6.45, 7) is 0.940. The number of benzene rings is 2. The average molecular weight is 414 g/mol. The number of urea groups is 1. The van der Waals surface area contributed by atoms with Crippen molar-refractivity contribution in [3.05, 3.63) is 53.8 Å². The first kappa shape index (κ1) is 20.0. The maximum Gasteiger partial charge on any atom is 0.338 e. The van der Waals surface area contributed by atoms with Crippen LogP contribution in [0.4, 0.5) is 14.9 Å². The van der Waals surface area contributed by atoms with Crippen LogP contribution in [0.1, 0.15) is 23.2 Å². The van der Waals surface area contributed by atoms with Gasteiger partial charge in [-0.25, -0.2) is 19.6 Å². The van der Waals surface area contributed by atoms with E-state index in [4.69, 9.17) is 9.47 Å². The number of carbonyl (C=O) groups is 2. The first-order valence-corrected chi connectivity index (χ1v) is 9.62. The van der Waals surface area contributed by atoms with E-state index in [1.807, 2.05) is 0 Å². The predicted molar refractivity (Wildman–Crippen MR) is 108 cm³/mol. The van der Waals surface area contributed by atoms with Crippen LogP contribution < -0.4 is 25.2 Å². The van der Waals surface area contributed by atoms with E-state index in [-0.39, 0.29) is 17.8 Å². The number of anilines is 1. The molecule has 2 aromatic rings. The van der Waals surface area contributed by atoms with Gasteiger partial charge >= 0.3 is 6.03 Å². The summed E-state index contributed by atoms with van der Waals surface area (Å²) in [4.78, 5) is 27.1. The van der Waals surface area contributed by atoms with E-state index in [9.17, 15) is 14.0 Å². The summed E-state index contributed by atoms with van der Waals surface area (Å²) in [5, 5.41) is 4.35. The molecular weight excluding hydrogens is 391 g/mol. The number of amides is 3. The molecule has 2 heterocycles. The highest BCUT2D eigenvalue weighted by Gasteiger charge is 2.45. The maximum atomic E-state index is 13.2. The molecule has 0 aromatic heterocycles. The molecule has 0 aliphatic carbocycles. The van der Waals surface area contributed by atoms with E-state index in [0.717, 1.165) is 0 Å². The summed E-state index contributed by atoms with van der Waals surface area (Å²) >= 11 is 0. The molecule has 0 radical (unpaired) electrons. The maximum absolute atomic E-state index is 13.2. The molecule has 158 valence electrons. The fourth-order valence-corrected chi connectivity index (χ4v) is 3.81. The van der Waals surface area contributed by atoms with Crippen molar-refractivity contribution in [1.82, 2.24) is 15.6 Å².